The van der Waals surface area contributed by atoms with Gasteiger partial charge in [0, 0.05) is 11.6 Å². The van der Waals surface area contributed by atoms with Crippen molar-refractivity contribution in [3.63, 3.8) is 0 Å². The summed E-state index contributed by atoms with van der Waals surface area (Å²) in [4.78, 5) is 0. The van der Waals surface area contributed by atoms with E-state index in [0.717, 1.165) is 6.07 Å². The molecule has 0 aliphatic heterocycles. The fourth-order valence-corrected chi connectivity index (χ4v) is 1.25. The summed E-state index contributed by atoms with van der Waals surface area (Å²) < 4.78 is 26.2. The van der Waals surface area contributed by atoms with E-state index in [-0.39, 0.29) is 0 Å². The van der Waals surface area contributed by atoms with E-state index in [1.54, 1.807) is 0 Å². The van der Waals surface area contributed by atoms with Gasteiger partial charge in [-0.2, -0.15) is 0 Å². The highest BCUT2D eigenvalue weighted by molar-refractivity contribution is 5.16. The van der Waals surface area contributed by atoms with Crippen molar-refractivity contribution in [2.24, 2.45) is 0 Å². The molecule has 72 valence electrons. The van der Waals surface area contributed by atoms with Crippen LogP contribution in [0.5, 0.6) is 0 Å². The van der Waals surface area contributed by atoms with Crippen molar-refractivity contribution in [1.29, 1.82) is 0 Å². The zero-order valence-corrected chi connectivity index (χ0v) is 8.14. The molecule has 0 radical (unpaired) electrons. The van der Waals surface area contributed by atoms with Gasteiger partial charge in [0.25, 0.3) is 0 Å². The highest BCUT2D eigenvalue weighted by atomic mass is 19.1. The van der Waals surface area contributed by atoms with Crippen LogP contribution in [0.1, 0.15) is 5.56 Å². The molecular formula is C10H14F2N+. The number of hydrogen-bond acceptors (Lipinski definition) is 0. The van der Waals surface area contributed by atoms with Gasteiger partial charge < -0.3 is 4.48 Å². The van der Waals surface area contributed by atoms with Gasteiger partial charge in [-0.3, -0.25) is 0 Å². The molecule has 13 heavy (non-hydrogen) atoms. The van der Waals surface area contributed by atoms with Crippen molar-refractivity contribution >= 4 is 0 Å². The third-order valence-electron chi connectivity index (χ3n) is 1.58. The van der Waals surface area contributed by atoms with Crippen LogP contribution >= 0.6 is 0 Å². The van der Waals surface area contributed by atoms with E-state index in [2.05, 4.69) is 0 Å². The third-order valence-corrected chi connectivity index (χ3v) is 1.58. The lowest BCUT2D eigenvalue weighted by molar-refractivity contribution is -0.884. The fourth-order valence-electron chi connectivity index (χ4n) is 1.25. The van der Waals surface area contributed by atoms with Gasteiger partial charge in [0.1, 0.15) is 18.2 Å². The van der Waals surface area contributed by atoms with Gasteiger partial charge in [-0.15, -0.1) is 0 Å². The Morgan fingerprint density at radius 2 is 1.46 bits per heavy atom. The third kappa shape index (κ3) is 3.51. The van der Waals surface area contributed by atoms with Crippen LogP contribution in [0.2, 0.25) is 0 Å². The second kappa shape index (κ2) is 3.42. The SMILES string of the molecule is C[N+](C)(C)Cc1cc(F)cc(F)c1. The molecule has 1 rings (SSSR count). The summed E-state index contributed by atoms with van der Waals surface area (Å²) >= 11 is 0. The van der Waals surface area contributed by atoms with E-state index in [1.165, 1.54) is 12.1 Å². The van der Waals surface area contributed by atoms with Gasteiger partial charge in [0.05, 0.1) is 21.1 Å². The molecule has 0 unspecified atom stereocenters. The predicted octanol–water partition coefficient (Wildman–Crippen LogP) is 2.17. The number of hydrogen-bond donors (Lipinski definition) is 0. The second-order valence-electron chi connectivity index (χ2n) is 4.23. The minimum Gasteiger partial charge on any atom is -0.327 e. The van der Waals surface area contributed by atoms with Crippen molar-refractivity contribution in [1.82, 2.24) is 0 Å². The molecule has 0 aliphatic carbocycles. The summed E-state index contributed by atoms with van der Waals surface area (Å²) in [5, 5.41) is 0. The van der Waals surface area contributed by atoms with Gasteiger partial charge >= 0.3 is 0 Å². The van der Waals surface area contributed by atoms with Crippen LogP contribution in [0.25, 0.3) is 0 Å². The monoisotopic (exact) mass is 186 g/mol. The summed E-state index contributed by atoms with van der Waals surface area (Å²) in [5.74, 6) is -1.02. The van der Waals surface area contributed by atoms with Crippen LogP contribution in [-0.4, -0.2) is 25.6 Å². The molecule has 0 spiro atoms. The van der Waals surface area contributed by atoms with E-state index in [9.17, 15) is 8.78 Å². The standard InChI is InChI=1S/C10H14F2N/c1-13(2,3)7-8-4-9(11)6-10(12)5-8/h4-6H,7H2,1-3H3/q+1. The number of nitrogens with zero attached hydrogens (tertiary/aromatic N) is 1. The van der Waals surface area contributed by atoms with Gasteiger partial charge in [-0.25, -0.2) is 8.78 Å². The number of halogens is 2. The summed E-state index contributed by atoms with van der Waals surface area (Å²) in [6.07, 6.45) is 0. The quantitative estimate of drug-likeness (QED) is 0.621. The molecular weight excluding hydrogens is 172 g/mol. The first kappa shape index (κ1) is 10.1. The maximum atomic E-state index is 12.8. The topological polar surface area (TPSA) is 0 Å². The first-order chi connectivity index (χ1) is 5.87. The number of rotatable bonds is 2. The van der Waals surface area contributed by atoms with Crippen LogP contribution in [0.15, 0.2) is 18.2 Å². The van der Waals surface area contributed by atoms with Gasteiger partial charge in [-0.1, -0.05) is 0 Å². The fraction of sp³-hybridized carbons (Fsp3) is 0.400. The summed E-state index contributed by atoms with van der Waals surface area (Å²) in [5.41, 5.74) is 0.685. The van der Waals surface area contributed by atoms with Crippen LogP contribution < -0.4 is 0 Å². The van der Waals surface area contributed by atoms with Crippen molar-refractivity contribution in [3.8, 4) is 0 Å². The molecule has 1 nitrogen and oxygen atoms in total. The lowest BCUT2D eigenvalue weighted by atomic mass is 10.2. The molecule has 0 aromatic heterocycles. The van der Waals surface area contributed by atoms with Crippen molar-refractivity contribution in [3.05, 3.63) is 35.4 Å². The Hall–Kier alpha value is -0.960. The van der Waals surface area contributed by atoms with Crippen molar-refractivity contribution < 1.29 is 13.3 Å². The number of benzene rings is 1. The summed E-state index contributed by atoms with van der Waals surface area (Å²) in [6, 6.07) is 3.62. The highest BCUT2D eigenvalue weighted by Crippen LogP contribution is 2.11. The Morgan fingerprint density at radius 3 is 1.85 bits per heavy atom. The zero-order chi connectivity index (χ0) is 10.1. The minimum absolute atomic E-state index is 0.511. The van der Waals surface area contributed by atoms with Crippen LogP contribution in [-0.2, 0) is 6.54 Å². The van der Waals surface area contributed by atoms with E-state index >= 15 is 0 Å². The maximum Gasteiger partial charge on any atom is 0.126 e. The molecule has 0 aliphatic rings. The van der Waals surface area contributed by atoms with E-state index < -0.39 is 11.6 Å². The molecule has 0 saturated carbocycles. The molecule has 3 heteroatoms. The minimum atomic E-state index is -0.511. The second-order valence-corrected chi connectivity index (χ2v) is 4.23. The van der Waals surface area contributed by atoms with Crippen LogP contribution in [0, 0.1) is 11.6 Å². The molecule has 1 aromatic rings. The highest BCUT2D eigenvalue weighted by Gasteiger charge is 2.10. The molecule has 0 fully saturated rings. The Kier molecular flexibility index (Phi) is 2.66. The molecule has 1 aromatic carbocycles. The predicted molar refractivity (Wildman–Crippen MR) is 48.1 cm³/mol. The van der Waals surface area contributed by atoms with E-state index in [0.29, 0.717) is 16.6 Å². The summed E-state index contributed by atoms with van der Waals surface area (Å²) in [7, 11) is 5.93. The number of quaternary nitrogens is 1. The van der Waals surface area contributed by atoms with Crippen LogP contribution in [0.4, 0.5) is 8.78 Å². The zero-order valence-electron chi connectivity index (χ0n) is 8.14. The lowest BCUT2D eigenvalue weighted by Gasteiger charge is -2.23. The normalized spacial score (nSPS) is 11.8. The molecule has 0 saturated heterocycles. The van der Waals surface area contributed by atoms with Crippen molar-refractivity contribution in [2.75, 3.05) is 21.1 Å². The molecule has 0 N–H and O–H groups in total. The van der Waals surface area contributed by atoms with Crippen LogP contribution in [0.3, 0.4) is 0 Å². The van der Waals surface area contributed by atoms with Gasteiger partial charge in [-0.05, 0) is 12.1 Å². The Balaban J connectivity index is 2.90. The van der Waals surface area contributed by atoms with Gasteiger partial charge in [0.2, 0.25) is 0 Å². The Labute approximate surface area is 77.2 Å². The Morgan fingerprint density at radius 1 is 1.00 bits per heavy atom. The largest absolute Gasteiger partial charge is 0.327 e. The van der Waals surface area contributed by atoms with Crippen molar-refractivity contribution in [2.45, 2.75) is 6.54 Å². The first-order valence-electron chi connectivity index (χ1n) is 4.12. The summed E-state index contributed by atoms with van der Waals surface area (Å²) in [6.45, 7) is 0.620. The molecule has 0 amide bonds. The molecule has 0 bridgehead atoms. The lowest BCUT2D eigenvalue weighted by Crippen LogP contribution is -2.33. The maximum absolute atomic E-state index is 12.8. The average molecular weight is 186 g/mol. The molecule has 0 atom stereocenters. The first-order valence-corrected chi connectivity index (χ1v) is 4.12. The Bertz CT molecular complexity index is 282. The van der Waals surface area contributed by atoms with E-state index in [1.807, 2.05) is 21.1 Å². The molecule has 0 heterocycles. The smallest absolute Gasteiger partial charge is 0.126 e. The van der Waals surface area contributed by atoms with E-state index in [4.69, 9.17) is 0 Å². The van der Waals surface area contributed by atoms with Gasteiger partial charge in [0.15, 0.2) is 0 Å². The average Bonchev–Trinajstić information content (AvgIpc) is 1.78.